The minimum absolute atomic E-state index is 0.411. The van der Waals surface area contributed by atoms with Crippen LogP contribution in [0.5, 0.6) is 0 Å². The molecule has 80 valence electrons. The Morgan fingerprint density at radius 2 is 1.92 bits per heavy atom. The predicted molar refractivity (Wildman–Crippen MR) is 48.1 cm³/mol. The molecule has 0 aromatic heterocycles. The van der Waals surface area contributed by atoms with Gasteiger partial charge in [-0.2, -0.15) is 0 Å². The molecule has 0 spiro atoms. The molecule has 0 aliphatic carbocycles. The van der Waals surface area contributed by atoms with Crippen LogP contribution in [0.4, 0.5) is 0 Å². The average molecular weight is 212 g/mol. The van der Waals surface area contributed by atoms with Gasteiger partial charge >= 0.3 is 7.82 Å². The van der Waals surface area contributed by atoms with E-state index in [2.05, 4.69) is 4.52 Å². The minimum Gasteiger partial charge on any atom is -0.388 e. The van der Waals surface area contributed by atoms with E-state index in [0.29, 0.717) is 12.8 Å². The molecule has 0 saturated heterocycles. The Bertz CT molecular complexity index is 192. The van der Waals surface area contributed by atoms with Crippen molar-refractivity contribution in [3.8, 4) is 0 Å². The number of hydrogen-bond donors (Lipinski definition) is 3. The van der Waals surface area contributed by atoms with Crippen LogP contribution in [0.3, 0.4) is 0 Å². The van der Waals surface area contributed by atoms with Crippen LogP contribution < -0.4 is 0 Å². The Morgan fingerprint density at radius 3 is 2.15 bits per heavy atom. The summed E-state index contributed by atoms with van der Waals surface area (Å²) >= 11 is 0. The van der Waals surface area contributed by atoms with Crippen molar-refractivity contribution < 1.29 is 24.0 Å². The quantitative estimate of drug-likeness (QED) is 0.592. The molecule has 0 fully saturated rings. The summed E-state index contributed by atoms with van der Waals surface area (Å²) in [5.74, 6) is 0. The van der Waals surface area contributed by atoms with E-state index in [9.17, 15) is 9.67 Å². The lowest BCUT2D eigenvalue weighted by Crippen LogP contribution is -2.37. The highest BCUT2D eigenvalue weighted by atomic mass is 31.2. The summed E-state index contributed by atoms with van der Waals surface area (Å²) in [5.41, 5.74) is -1.24. The van der Waals surface area contributed by atoms with Gasteiger partial charge in [-0.15, -0.1) is 0 Å². The normalized spacial score (nSPS) is 15.8. The Kier molecular flexibility index (Phi) is 4.55. The van der Waals surface area contributed by atoms with Crippen molar-refractivity contribution in [2.24, 2.45) is 0 Å². The molecule has 6 heteroatoms. The summed E-state index contributed by atoms with van der Waals surface area (Å²) in [6, 6.07) is 0. The van der Waals surface area contributed by atoms with Crippen molar-refractivity contribution in [1.82, 2.24) is 0 Å². The van der Waals surface area contributed by atoms with E-state index >= 15 is 0 Å². The summed E-state index contributed by atoms with van der Waals surface area (Å²) in [6.45, 7) is 4.77. The summed E-state index contributed by atoms with van der Waals surface area (Å²) in [6.07, 6.45) is 0.266. The van der Waals surface area contributed by atoms with Crippen molar-refractivity contribution in [2.75, 3.05) is 0 Å². The molecule has 0 aromatic carbocycles. The van der Waals surface area contributed by atoms with E-state index in [1.807, 2.05) is 6.92 Å². The van der Waals surface area contributed by atoms with Crippen LogP contribution in [-0.4, -0.2) is 26.6 Å². The van der Waals surface area contributed by atoms with E-state index in [1.165, 1.54) is 13.8 Å². The zero-order valence-corrected chi connectivity index (χ0v) is 8.99. The van der Waals surface area contributed by atoms with E-state index in [4.69, 9.17) is 9.79 Å². The molecule has 0 radical (unpaired) electrons. The van der Waals surface area contributed by atoms with Crippen LogP contribution in [0.2, 0.25) is 0 Å². The Balaban J connectivity index is 4.36. The average Bonchev–Trinajstić information content (AvgIpc) is 1.81. The number of phosphoric acid groups is 1. The van der Waals surface area contributed by atoms with Crippen LogP contribution in [0.1, 0.15) is 33.6 Å². The Hall–Kier alpha value is 0.0700. The number of rotatable bonds is 5. The van der Waals surface area contributed by atoms with Crippen LogP contribution in [0.25, 0.3) is 0 Å². The zero-order valence-electron chi connectivity index (χ0n) is 8.10. The van der Waals surface area contributed by atoms with Crippen molar-refractivity contribution in [1.29, 1.82) is 0 Å². The third kappa shape index (κ3) is 6.18. The Labute approximate surface area is 78.0 Å². The van der Waals surface area contributed by atoms with Gasteiger partial charge in [0.1, 0.15) is 0 Å². The van der Waals surface area contributed by atoms with Crippen LogP contribution >= 0.6 is 7.82 Å². The molecule has 13 heavy (non-hydrogen) atoms. The fourth-order valence-corrected chi connectivity index (χ4v) is 1.66. The lowest BCUT2D eigenvalue weighted by Gasteiger charge is -2.28. The Morgan fingerprint density at radius 1 is 1.46 bits per heavy atom. The summed E-state index contributed by atoms with van der Waals surface area (Å²) in [4.78, 5) is 17.1. The van der Waals surface area contributed by atoms with Gasteiger partial charge in [0.2, 0.25) is 0 Å². The molecule has 0 aliphatic heterocycles. The maximum absolute atomic E-state index is 10.5. The number of phosphoric ester groups is 1. The van der Waals surface area contributed by atoms with Crippen LogP contribution in [0, 0.1) is 0 Å². The van der Waals surface area contributed by atoms with Crippen molar-refractivity contribution >= 4 is 7.82 Å². The first-order valence-electron chi connectivity index (χ1n) is 4.13. The fraction of sp³-hybridized carbons (Fsp3) is 1.00. The van der Waals surface area contributed by atoms with Gasteiger partial charge in [0.25, 0.3) is 0 Å². The molecule has 3 N–H and O–H groups in total. The van der Waals surface area contributed by atoms with Gasteiger partial charge in [0.15, 0.2) is 0 Å². The van der Waals surface area contributed by atoms with Crippen LogP contribution in [-0.2, 0) is 9.09 Å². The van der Waals surface area contributed by atoms with E-state index < -0.39 is 19.5 Å². The fourth-order valence-electron chi connectivity index (χ4n) is 0.963. The predicted octanol–water partition coefficient (Wildman–Crippen LogP) is 1.04. The standard InChI is InChI=1S/C7H17O5P/c1-4-5-6(7(2,3)8)12-13(9,10)11/h6,8H,4-5H2,1-3H3,(H2,9,10,11). The number of hydrogen-bond acceptors (Lipinski definition) is 3. The molecule has 0 amide bonds. The highest BCUT2D eigenvalue weighted by molar-refractivity contribution is 7.46. The molecule has 0 bridgehead atoms. The van der Waals surface area contributed by atoms with E-state index in [0.717, 1.165) is 0 Å². The summed E-state index contributed by atoms with van der Waals surface area (Å²) in [5, 5.41) is 9.50. The molecule has 5 nitrogen and oxygen atoms in total. The molecule has 1 unspecified atom stereocenters. The molecule has 0 aliphatic rings. The van der Waals surface area contributed by atoms with E-state index in [-0.39, 0.29) is 0 Å². The highest BCUT2D eigenvalue weighted by Gasteiger charge is 2.32. The lowest BCUT2D eigenvalue weighted by atomic mass is 9.98. The van der Waals surface area contributed by atoms with Gasteiger partial charge in [0.05, 0.1) is 11.7 Å². The molecule has 1 atom stereocenters. The summed E-state index contributed by atoms with van der Waals surface area (Å²) in [7, 11) is -4.51. The maximum atomic E-state index is 10.5. The third-order valence-electron chi connectivity index (χ3n) is 1.60. The van der Waals surface area contributed by atoms with Gasteiger partial charge < -0.3 is 14.9 Å². The smallest absolute Gasteiger partial charge is 0.388 e. The second-order valence-electron chi connectivity index (χ2n) is 3.53. The monoisotopic (exact) mass is 212 g/mol. The first-order valence-corrected chi connectivity index (χ1v) is 5.66. The van der Waals surface area contributed by atoms with Gasteiger partial charge in [-0.05, 0) is 20.3 Å². The lowest BCUT2D eigenvalue weighted by molar-refractivity contribution is -0.0490. The largest absolute Gasteiger partial charge is 0.469 e. The molecular formula is C7H17O5P. The maximum Gasteiger partial charge on any atom is 0.469 e. The van der Waals surface area contributed by atoms with E-state index in [1.54, 1.807) is 0 Å². The second kappa shape index (κ2) is 4.53. The topological polar surface area (TPSA) is 87.0 Å². The van der Waals surface area contributed by atoms with Crippen LogP contribution in [0.15, 0.2) is 0 Å². The van der Waals surface area contributed by atoms with Gasteiger partial charge in [-0.1, -0.05) is 13.3 Å². The van der Waals surface area contributed by atoms with Gasteiger partial charge in [-0.25, -0.2) is 4.57 Å². The van der Waals surface area contributed by atoms with Crippen molar-refractivity contribution in [3.05, 3.63) is 0 Å². The highest BCUT2D eigenvalue weighted by Crippen LogP contribution is 2.40. The second-order valence-corrected chi connectivity index (χ2v) is 4.72. The molecular weight excluding hydrogens is 195 g/mol. The molecule has 0 saturated carbocycles. The van der Waals surface area contributed by atoms with Gasteiger partial charge in [-0.3, -0.25) is 4.52 Å². The molecule has 0 aromatic rings. The third-order valence-corrected chi connectivity index (χ3v) is 2.13. The molecule has 0 heterocycles. The van der Waals surface area contributed by atoms with Gasteiger partial charge in [0, 0.05) is 0 Å². The molecule has 0 rings (SSSR count). The number of aliphatic hydroxyl groups is 1. The van der Waals surface area contributed by atoms with Crippen molar-refractivity contribution in [2.45, 2.75) is 45.3 Å². The first kappa shape index (κ1) is 13.1. The SMILES string of the molecule is CCCC(OP(=O)(O)O)C(C)(C)O. The van der Waals surface area contributed by atoms with Crippen molar-refractivity contribution in [3.63, 3.8) is 0 Å². The first-order chi connectivity index (χ1) is 5.67. The summed E-state index contributed by atoms with van der Waals surface area (Å²) < 4.78 is 15.0. The zero-order chi connectivity index (χ0) is 10.7. The minimum atomic E-state index is -4.51.